The van der Waals surface area contributed by atoms with E-state index in [2.05, 4.69) is 21.9 Å². The van der Waals surface area contributed by atoms with Crippen LogP contribution in [-0.4, -0.2) is 70.2 Å². The van der Waals surface area contributed by atoms with E-state index in [0.717, 1.165) is 40.8 Å². The molecular formula is C35H40ClN5O4. The lowest BCUT2D eigenvalue weighted by Gasteiger charge is -2.47. The predicted molar refractivity (Wildman–Crippen MR) is 175 cm³/mol. The monoisotopic (exact) mass is 629 g/mol. The van der Waals surface area contributed by atoms with Crippen molar-refractivity contribution in [3.8, 4) is 12.3 Å². The number of piperidine rings is 1. The molecule has 9 nitrogen and oxygen atoms in total. The number of anilines is 1. The van der Waals surface area contributed by atoms with Gasteiger partial charge in [-0.1, -0.05) is 29.8 Å². The molecule has 2 saturated heterocycles. The number of hydrogen-bond acceptors (Lipinski definition) is 4. The van der Waals surface area contributed by atoms with Gasteiger partial charge in [-0.3, -0.25) is 4.79 Å². The molecule has 0 unspecified atom stereocenters. The summed E-state index contributed by atoms with van der Waals surface area (Å²) in [5.74, 6) is 2.73. The van der Waals surface area contributed by atoms with Gasteiger partial charge in [0.1, 0.15) is 11.0 Å². The second-order valence-corrected chi connectivity index (χ2v) is 13.8. The van der Waals surface area contributed by atoms with Gasteiger partial charge in [0, 0.05) is 72.5 Å². The lowest BCUT2D eigenvalue weighted by molar-refractivity contribution is -0.127. The van der Waals surface area contributed by atoms with Crippen LogP contribution in [0.4, 0.5) is 15.3 Å². The minimum Gasteiger partial charge on any atom is -0.444 e. The van der Waals surface area contributed by atoms with Crippen LogP contribution < -0.4 is 10.2 Å². The van der Waals surface area contributed by atoms with E-state index in [-0.39, 0.29) is 24.1 Å². The number of rotatable bonds is 6. The molecule has 0 bridgehead atoms. The summed E-state index contributed by atoms with van der Waals surface area (Å²) in [5, 5.41) is 4.82. The molecule has 0 aliphatic carbocycles. The molecule has 3 aliphatic heterocycles. The maximum absolute atomic E-state index is 14.2. The number of hydrogen-bond donors (Lipinski definition) is 1. The number of urea groups is 1. The first kappa shape index (κ1) is 30.8. The number of halogens is 1. The Morgan fingerprint density at radius 3 is 2.53 bits per heavy atom. The highest BCUT2D eigenvalue weighted by Crippen LogP contribution is 2.48. The van der Waals surface area contributed by atoms with Crippen LogP contribution in [0.1, 0.15) is 57.7 Å². The number of fused-ring (bicyclic) bond motifs is 3. The number of nitrogens with zero attached hydrogens (tertiary/aromatic N) is 4. The predicted octanol–water partition coefficient (Wildman–Crippen LogP) is 5.92. The topological polar surface area (TPSA) is 87.1 Å². The molecule has 0 saturated carbocycles. The third-order valence-electron chi connectivity index (χ3n) is 9.02. The van der Waals surface area contributed by atoms with Gasteiger partial charge in [0.15, 0.2) is 0 Å². The van der Waals surface area contributed by atoms with Crippen molar-refractivity contribution in [1.29, 1.82) is 0 Å². The van der Waals surface area contributed by atoms with Crippen LogP contribution in [0, 0.1) is 12.3 Å². The Hall–Kier alpha value is -4.16. The molecule has 236 valence electrons. The highest BCUT2D eigenvalue weighted by atomic mass is 35.5. The van der Waals surface area contributed by atoms with Crippen molar-refractivity contribution < 1.29 is 19.1 Å². The van der Waals surface area contributed by atoms with E-state index >= 15 is 0 Å². The SMILES string of the molecule is C#CCCCn1c(CN2C(=O)C3(CN(C(=O)NC4CCN(C(=O)OC(C)(C)C)CC4)C3)c3ccccc32)cc2cc(Cl)ccc21. The van der Waals surface area contributed by atoms with Crippen molar-refractivity contribution in [3.63, 3.8) is 0 Å². The van der Waals surface area contributed by atoms with E-state index in [1.54, 1.807) is 9.80 Å². The first-order chi connectivity index (χ1) is 21.5. The molecule has 0 atom stereocenters. The van der Waals surface area contributed by atoms with Crippen molar-refractivity contribution in [2.24, 2.45) is 0 Å². The van der Waals surface area contributed by atoms with Crippen molar-refractivity contribution >= 4 is 46.2 Å². The van der Waals surface area contributed by atoms with Gasteiger partial charge in [-0.15, -0.1) is 12.3 Å². The summed E-state index contributed by atoms with van der Waals surface area (Å²) in [6.45, 7) is 8.39. The Morgan fingerprint density at radius 2 is 1.82 bits per heavy atom. The first-order valence-electron chi connectivity index (χ1n) is 15.6. The fraction of sp³-hybridized carbons (Fsp3) is 0.457. The molecule has 2 fully saturated rings. The highest BCUT2D eigenvalue weighted by Gasteiger charge is 2.59. The van der Waals surface area contributed by atoms with Crippen LogP contribution in [0.5, 0.6) is 0 Å². The summed E-state index contributed by atoms with van der Waals surface area (Å²) >= 11 is 6.31. The number of unbranched alkanes of at least 4 members (excludes halogenated alkanes) is 1. The van der Waals surface area contributed by atoms with E-state index in [9.17, 15) is 14.4 Å². The normalized spacial score (nSPS) is 17.8. The quantitative estimate of drug-likeness (QED) is 0.271. The van der Waals surface area contributed by atoms with Crippen molar-refractivity contribution in [2.75, 3.05) is 31.1 Å². The van der Waals surface area contributed by atoms with Gasteiger partial charge in [0.25, 0.3) is 0 Å². The number of nitrogens with one attached hydrogen (secondary N) is 1. The number of amides is 4. The first-order valence-corrected chi connectivity index (χ1v) is 16.0. The average molecular weight is 630 g/mol. The lowest BCUT2D eigenvalue weighted by Crippen LogP contribution is -2.67. The average Bonchev–Trinajstić information content (AvgIpc) is 3.43. The molecule has 1 N–H and O–H groups in total. The molecule has 10 heteroatoms. The summed E-state index contributed by atoms with van der Waals surface area (Å²) in [6.07, 6.45) is 8.01. The molecule has 3 aliphatic rings. The molecule has 6 rings (SSSR count). The summed E-state index contributed by atoms with van der Waals surface area (Å²) in [4.78, 5) is 45.2. The minimum absolute atomic E-state index is 0.0110. The van der Waals surface area contributed by atoms with Gasteiger partial charge in [-0.05, 0) is 75.9 Å². The second-order valence-electron chi connectivity index (χ2n) is 13.3. The van der Waals surface area contributed by atoms with Crippen LogP contribution in [0.2, 0.25) is 5.02 Å². The summed E-state index contributed by atoms with van der Waals surface area (Å²) in [6, 6.07) is 15.6. The van der Waals surface area contributed by atoms with Crippen LogP contribution in [0.25, 0.3) is 10.9 Å². The highest BCUT2D eigenvalue weighted by molar-refractivity contribution is 6.31. The Balaban J connectivity index is 1.13. The van der Waals surface area contributed by atoms with Gasteiger partial charge < -0.3 is 29.3 Å². The molecule has 4 heterocycles. The third-order valence-corrected chi connectivity index (χ3v) is 9.26. The van der Waals surface area contributed by atoms with Crippen molar-refractivity contribution in [2.45, 2.75) is 76.6 Å². The van der Waals surface area contributed by atoms with Crippen LogP contribution >= 0.6 is 11.6 Å². The molecule has 1 spiro atoms. The molecule has 45 heavy (non-hydrogen) atoms. The number of likely N-dealkylation sites (tertiary alicyclic amines) is 2. The Labute approximate surface area is 269 Å². The summed E-state index contributed by atoms with van der Waals surface area (Å²) in [5.41, 5.74) is 2.60. The van der Waals surface area contributed by atoms with Crippen LogP contribution in [0.15, 0.2) is 48.5 Å². The number of aryl methyl sites for hydroxylation is 1. The van der Waals surface area contributed by atoms with E-state index in [0.29, 0.717) is 57.0 Å². The Kier molecular flexibility index (Phi) is 8.21. The number of aromatic nitrogens is 1. The number of benzene rings is 2. The Morgan fingerprint density at radius 1 is 1.09 bits per heavy atom. The molecule has 0 radical (unpaired) electrons. The largest absolute Gasteiger partial charge is 0.444 e. The number of carbonyl (C=O) groups is 3. The number of para-hydroxylation sites is 1. The smallest absolute Gasteiger partial charge is 0.410 e. The summed E-state index contributed by atoms with van der Waals surface area (Å²) in [7, 11) is 0. The van der Waals surface area contributed by atoms with Gasteiger partial charge in [-0.2, -0.15) is 0 Å². The van der Waals surface area contributed by atoms with E-state index in [4.69, 9.17) is 22.8 Å². The molecule has 2 aromatic carbocycles. The molecule has 3 aromatic rings. The maximum Gasteiger partial charge on any atom is 0.410 e. The van der Waals surface area contributed by atoms with Crippen molar-refractivity contribution in [1.82, 2.24) is 19.7 Å². The third kappa shape index (κ3) is 5.96. The molecule has 1 aromatic heterocycles. The number of ether oxygens (including phenoxy) is 1. The maximum atomic E-state index is 14.2. The molecule has 4 amide bonds. The van der Waals surface area contributed by atoms with Crippen LogP contribution in [0.3, 0.4) is 0 Å². The fourth-order valence-corrected chi connectivity index (χ4v) is 6.98. The van der Waals surface area contributed by atoms with E-state index in [1.807, 2.05) is 68.1 Å². The van der Waals surface area contributed by atoms with Gasteiger partial charge >= 0.3 is 12.1 Å². The zero-order chi connectivity index (χ0) is 31.9. The van der Waals surface area contributed by atoms with Gasteiger partial charge in [-0.25, -0.2) is 9.59 Å². The number of carbonyl (C=O) groups excluding carboxylic acids is 3. The zero-order valence-corrected chi connectivity index (χ0v) is 26.9. The zero-order valence-electron chi connectivity index (χ0n) is 26.1. The summed E-state index contributed by atoms with van der Waals surface area (Å²) < 4.78 is 7.72. The minimum atomic E-state index is -0.766. The van der Waals surface area contributed by atoms with E-state index in [1.165, 1.54) is 0 Å². The Bertz CT molecular complexity index is 1670. The molecular weight excluding hydrogens is 590 g/mol. The number of terminal acetylenes is 1. The second kappa shape index (κ2) is 12.0. The van der Waals surface area contributed by atoms with Gasteiger partial charge in [0.05, 0.1) is 6.54 Å². The fourth-order valence-electron chi connectivity index (χ4n) is 6.80. The lowest BCUT2D eigenvalue weighted by atomic mass is 9.75. The standard InChI is InChI=1S/C35H40ClN5O4/c1-5-6-9-16-40-27(20-24-19-25(36)12-13-29(24)40)21-41-30-11-8-7-10-28(30)35(31(41)42)22-39(23-35)32(43)37-26-14-17-38(18-15-26)33(44)45-34(2,3)4/h1,7-8,10-13,19-20,26H,6,9,14-18,21-23H2,2-4H3,(H,37,43). The van der Waals surface area contributed by atoms with Crippen molar-refractivity contribution in [3.05, 3.63) is 64.8 Å². The van der Waals surface area contributed by atoms with E-state index < -0.39 is 11.0 Å². The van der Waals surface area contributed by atoms with Gasteiger partial charge in [0.2, 0.25) is 5.91 Å². The van der Waals surface area contributed by atoms with Crippen LogP contribution in [-0.2, 0) is 28.0 Å².